The number of carbonyl (C=O) groups excluding carboxylic acids is 2. The first kappa shape index (κ1) is 14.0. The lowest BCUT2D eigenvalue weighted by Crippen LogP contribution is -2.32. The van der Waals surface area contributed by atoms with E-state index >= 15 is 0 Å². The highest BCUT2D eigenvalue weighted by Gasteiger charge is 2.15. The van der Waals surface area contributed by atoms with Crippen LogP contribution in [0.2, 0.25) is 0 Å². The number of rotatable bonds is 3. The Kier molecular flexibility index (Phi) is 4.33. The molecule has 18 heavy (non-hydrogen) atoms. The molecule has 7 heteroatoms. The second-order valence-corrected chi connectivity index (χ2v) is 3.77. The molecule has 0 saturated carbocycles. The van der Waals surface area contributed by atoms with Gasteiger partial charge in [-0.05, 0) is 6.92 Å². The zero-order chi connectivity index (χ0) is 13.9. The fourth-order valence-corrected chi connectivity index (χ4v) is 1.19. The van der Waals surface area contributed by atoms with E-state index in [4.69, 9.17) is 5.73 Å². The molecule has 4 N–H and O–H groups in total. The highest BCUT2D eigenvalue weighted by Crippen LogP contribution is 2.25. The average Bonchev–Trinajstić information content (AvgIpc) is 2.24. The maximum absolute atomic E-state index is 13.1. The summed E-state index contributed by atoms with van der Waals surface area (Å²) in [4.78, 5) is 22.3. The van der Waals surface area contributed by atoms with E-state index in [2.05, 4.69) is 10.6 Å². The Balaban J connectivity index is 3.11. The van der Waals surface area contributed by atoms with Crippen LogP contribution < -0.4 is 16.4 Å². The lowest BCUT2D eigenvalue weighted by Gasteiger charge is -2.13. The standard InChI is InChI=1S/C11H13F2N3O2/c1-5(14)11(18)16-10-4-8(13)7(12)3-9(10)15-6(2)17/h3-5H,14H2,1-2H3,(H,15,17)(H,16,18)/t5-/m0/s1. The van der Waals surface area contributed by atoms with E-state index in [1.807, 2.05) is 0 Å². The van der Waals surface area contributed by atoms with Gasteiger partial charge in [0.2, 0.25) is 11.8 Å². The molecule has 1 atom stereocenters. The van der Waals surface area contributed by atoms with Gasteiger partial charge < -0.3 is 16.4 Å². The Morgan fingerprint density at radius 3 is 2.00 bits per heavy atom. The van der Waals surface area contributed by atoms with Gasteiger partial charge in [-0.3, -0.25) is 9.59 Å². The van der Waals surface area contributed by atoms with E-state index in [0.717, 1.165) is 12.1 Å². The molecule has 0 fully saturated rings. The number of carbonyl (C=O) groups is 2. The van der Waals surface area contributed by atoms with E-state index in [1.165, 1.54) is 13.8 Å². The Labute approximate surface area is 102 Å². The number of amides is 2. The first-order valence-corrected chi connectivity index (χ1v) is 5.14. The molecule has 0 aliphatic rings. The fourth-order valence-electron chi connectivity index (χ4n) is 1.19. The smallest absolute Gasteiger partial charge is 0.241 e. The van der Waals surface area contributed by atoms with Crippen molar-refractivity contribution in [2.45, 2.75) is 19.9 Å². The van der Waals surface area contributed by atoms with Crippen molar-refractivity contribution in [1.82, 2.24) is 0 Å². The van der Waals surface area contributed by atoms with Gasteiger partial charge in [0.1, 0.15) is 0 Å². The Bertz CT molecular complexity index is 489. The Morgan fingerprint density at radius 1 is 1.17 bits per heavy atom. The summed E-state index contributed by atoms with van der Waals surface area (Å²) in [5, 5.41) is 4.58. The minimum absolute atomic E-state index is 0.0320. The molecule has 5 nitrogen and oxygen atoms in total. The maximum Gasteiger partial charge on any atom is 0.241 e. The Morgan fingerprint density at radius 2 is 1.61 bits per heavy atom. The third-order valence-corrected chi connectivity index (χ3v) is 2.04. The van der Waals surface area contributed by atoms with E-state index in [9.17, 15) is 18.4 Å². The quantitative estimate of drug-likeness (QED) is 0.761. The summed E-state index contributed by atoms with van der Waals surface area (Å²) in [5.41, 5.74) is 5.25. The molecule has 98 valence electrons. The molecule has 1 aromatic rings. The van der Waals surface area contributed by atoms with Crippen LogP contribution in [-0.2, 0) is 9.59 Å². The van der Waals surface area contributed by atoms with Crippen LogP contribution in [0.15, 0.2) is 12.1 Å². The van der Waals surface area contributed by atoms with Gasteiger partial charge in [-0.25, -0.2) is 8.78 Å². The van der Waals surface area contributed by atoms with Crippen molar-refractivity contribution in [2.75, 3.05) is 10.6 Å². The van der Waals surface area contributed by atoms with Crippen LogP contribution in [0.3, 0.4) is 0 Å². The predicted octanol–water partition coefficient (Wildman–Crippen LogP) is 1.21. The number of halogens is 2. The van der Waals surface area contributed by atoms with Gasteiger partial charge in [0.05, 0.1) is 17.4 Å². The second kappa shape index (κ2) is 5.54. The van der Waals surface area contributed by atoms with Crippen LogP contribution in [0, 0.1) is 11.6 Å². The third-order valence-electron chi connectivity index (χ3n) is 2.04. The van der Waals surface area contributed by atoms with Crippen molar-refractivity contribution >= 4 is 23.2 Å². The molecule has 0 spiro atoms. The summed E-state index contributed by atoms with van der Waals surface area (Å²) < 4.78 is 26.1. The van der Waals surface area contributed by atoms with Crippen LogP contribution in [0.1, 0.15) is 13.8 Å². The maximum atomic E-state index is 13.1. The normalized spacial score (nSPS) is 11.8. The topological polar surface area (TPSA) is 84.2 Å². The van der Waals surface area contributed by atoms with Crippen LogP contribution in [0.25, 0.3) is 0 Å². The van der Waals surface area contributed by atoms with E-state index in [-0.39, 0.29) is 11.4 Å². The second-order valence-electron chi connectivity index (χ2n) is 3.77. The van der Waals surface area contributed by atoms with Gasteiger partial charge >= 0.3 is 0 Å². The van der Waals surface area contributed by atoms with E-state index in [1.54, 1.807) is 0 Å². The first-order valence-electron chi connectivity index (χ1n) is 5.14. The molecular formula is C11H13F2N3O2. The molecule has 0 aliphatic carbocycles. The molecule has 0 aromatic heterocycles. The average molecular weight is 257 g/mol. The number of nitrogens with two attached hydrogens (primary N) is 1. The van der Waals surface area contributed by atoms with Gasteiger partial charge in [0.25, 0.3) is 0 Å². The van der Waals surface area contributed by atoms with Crippen molar-refractivity contribution in [2.24, 2.45) is 5.73 Å². The number of hydrogen-bond acceptors (Lipinski definition) is 3. The number of anilines is 2. The first-order chi connectivity index (χ1) is 8.31. The highest BCUT2D eigenvalue weighted by atomic mass is 19.2. The van der Waals surface area contributed by atoms with Crippen molar-refractivity contribution in [3.8, 4) is 0 Å². The summed E-state index contributed by atoms with van der Waals surface area (Å²) in [6.07, 6.45) is 0. The molecule has 1 aromatic carbocycles. The zero-order valence-electron chi connectivity index (χ0n) is 9.88. The molecule has 2 amide bonds. The molecule has 0 unspecified atom stereocenters. The van der Waals surface area contributed by atoms with Gasteiger partial charge in [0.15, 0.2) is 11.6 Å². The molecule has 0 aliphatic heterocycles. The zero-order valence-corrected chi connectivity index (χ0v) is 9.88. The molecule has 0 bridgehead atoms. The highest BCUT2D eigenvalue weighted by molar-refractivity contribution is 6.00. The Hall–Kier alpha value is -2.02. The summed E-state index contributed by atoms with van der Waals surface area (Å²) >= 11 is 0. The number of nitrogens with one attached hydrogen (secondary N) is 2. The third kappa shape index (κ3) is 3.49. The fraction of sp³-hybridized carbons (Fsp3) is 0.273. The molecular weight excluding hydrogens is 244 g/mol. The number of benzene rings is 1. The summed E-state index contributed by atoms with van der Waals surface area (Å²) in [7, 11) is 0. The summed E-state index contributed by atoms with van der Waals surface area (Å²) in [6.45, 7) is 2.64. The van der Waals surface area contributed by atoms with Crippen molar-refractivity contribution in [3.05, 3.63) is 23.8 Å². The minimum atomic E-state index is -1.14. The monoisotopic (exact) mass is 257 g/mol. The van der Waals surface area contributed by atoms with Crippen LogP contribution in [0.5, 0.6) is 0 Å². The van der Waals surface area contributed by atoms with Crippen molar-refractivity contribution in [1.29, 1.82) is 0 Å². The largest absolute Gasteiger partial charge is 0.324 e. The number of hydrogen-bond donors (Lipinski definition) is 3. The molecule has 0 radical (unpaired) electrons. The predicted molar refractivity (Wildman–Crippen MR) is 62.9 cm³/mol. The molecule has 0 saturated heterocycles. The van der Waals surface area contributed by atoms with Crippen molar-refractivity contribution in [3.63, 3.8) is 0 Å². The SMILES string of the molecule is CC(=O)Nc1cc(F)c(F)cc1NC(=O)[C@H](C)N. The molecule has 0 heterocycles. The van der Waals surface area contributed by atoms with Crippen molar-refractivity contribution < 1.29 is 18.4 Å². The molecule has 1 rings (SSSR count). The van der Waals surface area contributed by atoms with Crippen LogP contribution in [0.4, 0.5) is 20.2 Å². The van der Waals surface area contributed by atoms with Gasteiger partial charge in [-0.1, -0.05) is 0 Å². The summed E-state index contributed by atoms with van der Waals surface area (Å²) in [6, 6.07) is 0.748. The lowest BCUT2D eigenvalue weighted by atomic mass is 10.2. The van der Waals surface area contributed by atoms with Gasteiger partial charge in [-0.15, -0.1) is 0 Å². The van der Waals surface area contributed by atoms with Gasteiger partial charge in [-0.2, -0.15) is 0 Å². The van der Waals surface area contributed by atoms with Gasteiger partial charge in [0, 0.05) is 19.1 Å². The van der Waals surface area contributed by atoms with E-state index in [0.29, 0.717) is 0 Å². The van der Waals surface area contributed by atoms with Crippen LogP contribution in [-0.4, -0.2) is 17.9 Å². The lowest BCUT2D eigenvalue weighted by molar-refractivity contribution is -0.117. The van der Waals surface area contributed by atoms with Crippen LogP contribution >= 0.6 is 0 Å². The van der Waals surface area contributed by atoms with E-state index < -0.39 is 29.5 Å². The minimum Gasteiger partial charge on any atom is -0.324 e. The summed E-state index contributed by atoms with van der Waals surface area (Å²) in [5.74, 6) is -3.31.